The highest BCUT2D eigenvalue weighted by molar-refractivity contribution is 7.99. The first-order valence-electron chi connectivity index (χ1n) is 9.12. The summed E-state index contributed by atoms with van der Waals surface area (Å²) in [6.45, 7) is 7.38. The average Bonchev–Trinajstić information content (AvgIpc) is 2.65. The molecule has 148 valence electrons. The summed E-state index contributed by atoms with van der Waals surface area (Å²) in [5, 5.41) is 0.608. The van der Waals surface area contributed by atoms with E-state index in [1.165, 1.54) is 24.8 Å². The van der Waals surface area contributed by atoms with Crippen LogP contribution in [0.3, 0.4) is 0 Å². The Balaban J connectivity index is 1.54. The van der Waals surface area contributed by atoms with E-state index < -0.39 is 5.82 Å². The molecule has 2 heterocycles. The minimum absolute atomic E-state index is 0.0276. The molecule has 2 aromatic rings. The van der Waals surface area contributed by atoms with E-state index in [1.54, 1.807) is 17.0 Å². The molecule has 1 aliphatic heterocycles. The topological polar surface area (TPSA) is 66.4 Å². The summed E-state index contributed by atoms with van der Waals surface area (Å²) in [7, 11) is 0. The van der Waals surface area contributed by atoms with Gasteiger partial charge in [-0.1, -0.05) is 11.8 Å². The molecule has 0 radical (unpaired) electrons. The Bertz CT molecular complexity index is 878. The van der Waals surface area contributed by atoms with Crippen LogP contribution in [0.4, 0.5) is 10.1 Å². The van der Waals surface area contributed by atoms with E-state index in [0.717, 1.165) is 11.4 Å². The average molecular weight is 402 g/mol. The molecule has 0 spiro atoms. The van der Waals surface area contributed by atoms with Crippen molar-refractivity contribution in [2.45, 2.75) is 25.9 Å². The zero-order chi connectivity index (χ0) is 20.3. The van der Waals surface area contributed by atoms with Gasteiger partial charge in [-0.05, 0) is 45.0 Å². The van der Waals surface area contributed by atoms with Gasteiger partial charge in [0.25, 0.3) is 0 Å². The van der Waals surface area contributed by atoms with E-state index in [0.29, 0.717) is 42.6 Å². The molecule has 1 amide bonds. The largest absolute Gasteiger partial charge is 0.366 e. The van der Waals surface area contributed by atoms with E-state index in [2.05, 4.69) is 9.97 Å². The van der Waals surface area contributed by atoms with Crippen molar-refractivity contribution in [1.82, 2.24) is 14.9 Å². The van der Waals surface area contributed by atoms with E-state index in [1.807, 2.05) is 24.8 Å². The third-order valence-electron chi connectivity index (χ3n) is 4.61. The number of nitrogens with zero attached hydrogens (tertiary/aromatic N) is 4. The first kappa shape index (κ1) is 20.3. The highest BCUT2D eigenvalue weighted by atomic mass is 32.2. The van der Waals surface area contributed by atoms with E-state index in [4.69, 9.17) is 0 Å². The lowest BCUT2D eigenvalue weighted by atomic mass is 10.1. The number of benzene rings is 1. The molecule has 0 unspecified atom stereocenters. The van der Waals surface area contributed by atoms with Crippen molar-refractivity contribution in [3.8, 4) is 0 Å². The Morgan fingerprint density at radius 2 is 1.71 bits per heavy atom. The highest BCUT2D eigenvalue weighted by Crippen LogP contribution is 2.23. The van der Waals surface area contributed by atoms with Gasteiger partial charge in [0.1, 0.15) is 5.82 Å². The van der Waals surface area contributed by atoms with Gasteiger partial charge in [-0.25, -0.2) is 14.4 Å². The Kier molecular flexibility index (Phi) is 6.28. The number of aryl methyl sites for hydroxylation is 2. The van der Waals surface area contributed by atoms with Crippen molar-refractivity contribution in [2.75, 3.05) is 36.8 Å². The van der Waals surface area contributed by atoms with Crippen LogP contribution in [0.15, 0.2) is 29.4 Å². The van der Waals surface area contributed by atoms with Gasteiger partial charge in [-0.2, -0.15) is 0 Å². The third kappa shape index (κ3) is 4.86. The van der Waals surface area contributed by atoms with Crippen LogP contribution < -0.4 is 4.90 Å². The molecule has 1 fully saturated rings. The number of piperazine rings is 1. The van der Waals surface area contributed by atoms with Gasteiger partial charge in [0.15, 0.2) is 10.9 Å². The second-order valence-corrected chi connectivity index (χ2v) is 7.75. The van der Waals surface area contributed by atoms with Crippen molar-refractivity contribution < 1.29 is 14.0 Å². The predicted molar refractivity (Wildman–Crippen MR) is 107 cm³/mol. The monoisotopic (exact) mass is 402 g/mol. The second kappa shape index (κ2) is 8.68. The van der Waals surface area contributed by atoms with Crippen molar-refractivity contribution in [3.05, 3.63) is 47.0 Å². The maximum atomic E-state index is 14.3. The molecule has 0 atom stereocenters. The van der Waals surface area contributed by atoms with Crippen LogP contribution in [0.1, 0.15) is 28.7 Å². The number of ketones is 1. The number of aromatic nitrogens is 2. The van der Waals surface area contributed by atoms with Crippen LogP contribution >= 0.6 is 11.8 Å². The lowest BCUT2D eigenvalue weighted by Gasteiger charge is -2.36. The number of anilines is 1. The van der Waals surface area contributed by atoms with Crippen molar-refractivity contribution in [2.24, 2.45) is 0 Å². The molecule has 6 nitrogen and oxygen atoms in total. The Morgan fingerprint density at radius 1 is 1.07 bits per heavy atom. The molecular formula is C20H23FN4O2S. The van der Waals surface area contributed by atoms with Crippen LogP contribution in [0, 0.1) is 19.7 Å². The number of carbonyl (C=O) groups is 2. The number of hydrogen-bond acceptors (Lipinski definition) is 6. The molecule has 0 saturated carbocycles. The van der Waals surface area contributed by atoms with Crippen molar-refractivity contribution in [1.29, 1.82) is 0 Å². The number of rotatable bonds is 5. The fourth-order valence-electron chi connectivity index (χ4n) is 3.15. The van der Waals surface area contributed by atoms with Crippen LogP contribution in [-0.2, 0) is 4.79 Å². The van der Waals surface area contributed by atoms with Gasteiger partial charge in [0.2, 0.25) is 5.91 Å². The fraction of sp³-hybridized carbons (Fsp3) is 0.400. The molecule has 1 aliphatic rings. The van der Waals surface area contributed by atoms with E-state index in [-0.39, 0.29) is 17.4 Å². The molecule has 28 heavy (non-hydrogen) atoms. The smallest absolute Gasteiger partial charge is 0.233 e. The molecule has 0 N–H and O–H groups in total. The Morgan fingerprint density at radius 3 is 2.29 bits per heavy atom. The van der Waals surface area contributed by atoms with Gasteiger partial charge >= 0.3 is 0 Å². The van der Waals surface area contributed by atoms with Crippen LogP contribution in [0.25, 0.3) is 0 Å². The van der Waals surface area contributed by atoms with Crippen LogP contribution in [0.5, 0.6) is 0 Å². The summed E-state index contributed by atoms with van der Waals surface area (Å²) in [5.74, 6) is -0.258. The number of hydrogen-bond donors (Lipinski definition) is 0. The van der Waals surface area contributed by atoms with Crippen molar-refractivity contribution >= 4 is 29.1 Å². The summed E-state index contributed by atoms with van der Waals surface area (Å²) in [5.41, 5.74) is 2.60. The lowest BCUT2D eigenvalue weighted by Crippen LogP contribution is -2.49. The minimum atomic E-state index is -0.407. The Labute approximate surface area is 168 Å². The number of halogens is 1. The van der Waals surface area contributed by atoms with Gasteiger partial charge < -0.3 is 9.80 Å². The molecule has 8 heteroatoms. The van der Waals surface area contributed by atoms with Gasteiger partial charge in [-0.15, -0.1) is 0 Å². The van der Waals surface area contributed by atoms with Gasteiger partial charge in [0.05, 0.1) is 11.4 Å². The molecular weight excluding hydrogens is 379 g/mol. The zero-order valence-electron chi connectivity index (χ0n) is 16.2. The predicted octanol–water partition coefficient (Wildman–Crippen LogP) is 2.88. The SMILES string of the molecule is CC(=O)c1ccc(N2CCN(C(=O)CSc3nc(C)cc(C)n3)CC2)c(F)c1. The number of carbonyl (C=O) groups excluding carboxylic acids is 2. The fourth-order valence-corrected chi connectivity index (χ4v) is 4.01. The summed E-state index contributed by atoms with van der Waals surface area (Å²) < 4.78 is 14.3. The highest BCUT2D eigenvalue weighted by Gasteiger charge is 2.23. The number of amides is 1. The molecule has 1 saturated heterocycles. The Hall–Kier alpha value is -2.48. The first-order valence-corrected chi connectivity index (χ1v) is 10.1. The molecule has 1 aromatic carbocycles. The normalized spacial score (nSPS) is 14.3. The molecule has 0 bridgehead atoms. The summed E-state index contributed by atoms with van der Waals surface area (Å²) in [6.07, 6.45) is 0. The maximum absolute atomic E-state index is 14.3. The minimum Gasteiger partial charge on any atom is -0.366 e. The van der Waals surface area contributed by atoms with E-state index >= 15 is 0 Å². The van der Waals surface area contributed by atoms with Crippen LogP contribution in [-0.4, -0.2) is 58.5 Å². The van der Waals surface area contributed by atoms with Gasteiger partial charge in [-0.3, -0.25) is 9.59 Å². The van der Waals surface area contributed by atoms with Gasteiger partial charge in [0, 0.05) is 43.1 Å². The number of Topliss-reactive ketones (excluding diaryl/α,β-unsaturated/α-hetero) is 1. The molecule has 1 aromatic heterocycles. The summed E-state index contributed by atoms with van der Waals surface area (Å²) in [6, 6.07) is 6.44. The molecule has 3 rings (SSSR count). The maximum Gasteiger partial charge on any atom is 0.233 e. The molecule has 0 aliphatic carbocycles. The summed E-state index contributed by atoms with van der Waals surface area (Å²) >= 11 is 1.34. The van der Waals surface area contributed by atoms with E-state index in [9.17, 15) is 14.0 Å². The summed E-state index contributed by atoms with van der Waals surface area (Å²) in [4.78, 5) is 36.2. The van der Waals surface area contributed by atoms with Crippen molar-refractivity contribution in [3.63, 3.8) is 0 Å². The second-order valence-electron chi connectivity index (χ2n) is 6.81. The third-order valence-corrected chi connectivity index (χ3v) is 5.45. The standard InChI is InChI=1S/C20H23FN4O2S/c1-13-10-14(2)23-20(22-13)28-12-19(27)25-8-6-24(7-9-25)18-5-4-16(15(3)26)11-17(18)21/h4-5,10-11H,6-9,12H2,1-3H3. The first-order chi connectivity index (χ1) is 13.3. The number of thioether (sulfide) groups is 1. The lowest BCUT2D eigenvalue weighted by molar-refractivity contribution is -0.128. The zero-order valence-corrected chi connectivity index (χ0v) is 17.1. The van der Waals surface area contributed by atoms with Crippen LogP contribution in [0.2, 0.25) is 0 Å². The quantitative estimate of drug-likeness (QED) is 0.435.